The lowest BCUT2D eigenvalue weighted by Gasteiger charge is -2.50. The van der Waals surface area contributed by atoms with Crippen molar-refractivity contribution in [3.05, 3.63) is 71.3 Å². The van der Waals surface area contributed by atoms with Gasteiger partial charge in [-0.05, 0) is 56.5 Å². The van der Waals surface area contributed by atoms with Crippen molar-refractivity contribution in [3.63, 3.8) is 0 Å². The molecule has 5 heteroatoms. The van der Waals surface area contributed by atoms with Gasteiger partial charge in [-0.2, -0.15) is 0 Å². The zero-order valence-corrected chi connectivity index (χ0v) is 18.9. The highest BCUT2D eigenvalue weighted by molar-refractivity contribution is 5.94. The molecule has 0 radical (unpaired) electrons. The summed E-state index contributed by atoms with van der Waals surface area (Å²) in [5.74, 6) is 0.0555. The summed E-state index contributed by atoms with van der Waals surface area (Å²) in [6, 6.07) is 17.8. The fraction of sp³-hybridized carbons (Fsp3) is 0.500. The van der Waals surface area contributed by atoms with Gasteiger partial charge in [0.2, 0.25) is 0 Å². The summed E-state index contributed by atoms with van der Waals surface area (Å²) in [5.41, 5.74) is 1.61. The van der Waals surface area contributed by atoms with Crippen molar-refractivity contribution in [1.82, 2.24) is 9.80 Å². The number of hydrogen-bond donors (Lipinski definition) is 1. The minimum absolute atomic E-state index is 0.0555. The lowest BCUT2D eigenvalue weighted by molar-refractivity contribution is -0.175. The number of nitrogens with zero attached hydrogens (tertiary/aromatic N) is 2. The molecule has 2 aromatic rings. The number of likely N-dealkylation sites (tertiary alicyclic amines) is 1. The normalized spacial score (nSPS) is 21.9. The van der Waals surface area contributed by atoms with Crippen molar-refractivity contribution in [2.45, 2.75) is 50.9 Å². The van der Waals surface area contributed by atoms with E-state index in [1.807, 2.05) is 35.2 Å². The van der Waals surface area contributed by atoms with Gasteiger partial charge < -0.3 is 14.7 Å². The molecule has 2 aromatic carbocycles. The SMILES string of the molecule is CCN1CC(c2ccccc2)OC2(CCN(C(=O)c3ccc(C(C)(C)O)cc3)CC2)C1. The van der Waals surface area contributed by atoms with Crippen molar-refractivity contribution in [2.24, 2.45) is 0 Å². The molecule has 1 unspecified atom stereocenters. The third-order valence-corrected chi connectivity index (χ3v) is 6.75. The van der Waals surface area contributed by atoms with Crippen molar-refractivity contribution in [1.29, 1.82) is 0 Å². The van der Waals surface area contributed by atoms with E-state index >= 15 is 0 Å². The molecule has 2 saturated heterocycles. The monoisotopic (exact) mass is 422 g/mol. The molecule has 0 bridgehead atoms. The van der Waals surface area contributed by atoms with Crippen LogP contribution in [0.1, 0.15) is 61.2 Å². The molecule has 1 amide bonds. The van der Waals surface area contributed by atoms with Crippen molar-refractivity contribution < 1.29 is 14.6 Å². The van der Waals surface area contributed by atoms with Crippen molar-refractivity contribution in [2.75, 3.05) is 32.7 Å². The Hall–Kier alpha value is -2.21. The minimum Gasteiger partial charge on any atom is -0.386 e. The largest absolute Gasteiger partial charge is 0.386 e. The molecule has 2 aliphatic rings. The second kappa shape index (κ2) is 8.73. The van der Waals surface area contributed by atoms with Crippen LogP contribution in [0.25, 0.3) is 0 Å². The summed E-state index contributed by atoms with van der Waals surface area (Å²) in [5, 5.41) is 10.1. The zero-order valence-electron chi connectivity index (χ0n) is 18.9. The Kier molecular flexibility index (Phi) is 6.20. The summed E-state index contributed by atoms with van der Waals surface area (Å²) in [6.45, 7) is 9.95. The zero-order chi connectivity index (χ0) is 22.1. The number of amides is 1. The van der Waals surface area contributed by atoms with Gasteiger partial charge in [-0.3, -0.25) is 9.69 Å². The molecule has 31 heavy (non-hydrogen) atoms. The topological polar surface area (TPSA) is 53.0 Å². The third kappa shape index (κ3) is 4.84. The van der Waals surface area contributed by atoms with Crippen LogP contribution in [0.5, 0.6) is 0 Å². The van der Waals surface area contributed by atoms with Gasteiger partial charge in [0.25, 0.3) is 5.91 Å². The molecular formula is C26H34N2O3. The Morgan fingerprint density at radius 2 is 1.74 bits per heavy atom. The lowest BCUT2D eigenvalue weighted by atomic mass is 9.87. The molecule has 0 aromatic heterocycles. The summed E-state index contributed by atoms with van der Waals surface area (Å²) in [6.07, 6.45) is 1.77. The Morgan fingerprint density at radius 3 is 2.32 bits per heavy atom. The van der Waals surface area contributed by atoms with Crippen LogP contribution in [0.3, 0.4) is 0 Å². The van der Waals surface area contributed by atoms with E-state index in [1.54, 1.807) is 13.8 Å². The number of aliphatic hydroxyl groups is 1. The molecule has 1 atom stereocenters. The average molecular weight is 423 g/mol. The number of carbonyl (C=O) groups excluding carboxylic acids is 1. The Balaban J connectivity index is 1.43. The molecule has 2 fully saturated rings. The fourth-order valence-electron chi connectivity index (χ4n) is 4.76. The van der Waals surface area contributed by atoms with Crippen LogP contribution in [0.2, 0.25) is 0 Å². The summed E-state index contributed by atoms with van der Waals surface area (Å²) >= 11 is 0. The van der Waals surface area contributed by atoms with Crippen LogP contribution >= 0.6 is 0 Å². The maximum atomic E-state index is 13.1. The number of rotatable bonds is 4. The lowest BCUT2D eigenvalue weighted by Crippen LogP contribution is -2.58. The maximum absolute atomic E-state index is 13.1. The van der Waals surface area contributed by atoms with Crippen molar-refractivity contribution >= 4 is 5.91 Å². The predicted octanol–water partition coefficient (Wildman–Crippen LogP) is 3.98. The summed E-state index contributed by atoms with van der Waals surface area (Å²) < 4.78 is 6.71. The molecular weight excluding hydrogens is 388 g/mol. The fourth-order valence-corrected chi connectivity index (χ4v) is 4.76. The standard InChI is InChI=1S/C26H34N2O3/c1-4-27-18-23(20-8-6-5-7-9-20)31-26(19-27)14-16-28(17-15-26)24(29)21-10-12-22(13-11-21)25(2,3)30/h5-13,23,30H,4,14-19H2,1-3H3. The number of carbonyl (C=O) groups is 1. The third-order valence-electron chi connectivity index (χ3n) is 6.75. The molecule has 0 aliphatic carbocycles. The maximum Gasteiger partial charge on any atom is 0.253 e. The van der Waals surface area contributed by atoms with E-state index in [1.165, 1.54) is 5.56 Å². The van der Waals surface area contributed by atoms with Gasteiger partial charge in [0.15, 0.2) is 0 Å². The highest BCUT2D eigenvalue weighted by Crippen LogP contribution is 2.38. The van der Waals surface area contributed by atoms with E-state index < -0.39 is 5.60 Å². The van der Waals surface area contributed by atoms with Crippen LogP contribution in [0.4, 0.5) is 0 Å². The van der Waals surface area contributed by atoms with E-state index in [0.717, 1.165) is 38.0 Å². The van der Waals surface area contributed by atoms with E-state index in [0.29, 0.717) is 18.7 Å². The number of hydrogen-bond acceptors (Lipinski definition) is 4. The number of benzene rings is 2. The van der Waals surface area contributed by atoms with E-state index in [4.69, 9.17) is 4.74 Å². The number of likely N-dealkylation sites (N-methyl/N-ethyl adjacent to an activating group) is 1. The molecule has 0 saturated carbocycles. The minimum atomic E-state index is -0.905. The average Bonchev–Trinajstić information content (AvgIpc) is 2.79. The van der Waals surface area contributed by atoms with Crippen LogP contribution < -0.4 is 0 Å². The van der Waals surface area contributed by atoms with Crippen molar-refractivity contribution in [3.8, 4) is 0 Å². The highest BCUT2D eigenvalue weighted by atomic mass is 16.5. The smallest absolute Gasteiger partial charge is 0.253 e. The van der Waals surface area contributed by atoms with Gasteiger partial charge in [0.05, 0.1) is 17.3 Å². The van der Waals surface area contributed by atoms with Gasteiger partial charge in [-0.15, -0.1) is 0 Å². The Morgan fingerprint density at radius 1 is 1.10 bits per heavy atom. The van der Waals surface area contributed by atoms with E-state index in [2.05, 4.69) is 36.1 Å². The van der Waals surface area contributed by atoms with E-state index in [9.17, 15) is 9.90 Å². The first-order chi connectivity index (χ1) is 14.8. The highest BCUT2D eigenvalue weighted by Gasteiger charge is 2.43. The second-order valence-corrected chi connectivity index (χ2v) is 9.46. The molecule has 1 N–H and O–H groups in total. The van der Waals surface area contributed by atoms with Gasteiger partial charge in [0, 0.05) is 31.7 Å². The first kappa shape index (κ1) is 22.0. The number of piperidine rings is 1. The number of ether oxygens (including phenoxy) is 1. The first-order valence-electron chi connectivity index (χ1n) is 11.4. The van der Waals surface area contributed by atoms with E-state index in [-0.39, 0.29) is 17.6 Å². The van der Waals surface area contributed by atoms with Crippen LogP contribution in [-0.4, -0.2) is 59.1 Å². The second-order valence-electron chi connectivity index (χ2n) is 9.46. The predicted molar refractivity (Wildman–Crippen MR) is 122 cm³/mol. The van der Waals surface area contributed by atoms with Gasteiger partial charge in [-0.25, -0.2) is 0 Å². The van der Waals surface area contributed by atoms with Gasteiger partial charge >= 0.3 is 0 Å². The van der Waals surface area contributed by atoms with Gasteiger partial charge in [-0.1, -0.05) is 49.4 Å². The summed E-state index contributed by atoms with van der Waals surface area (Å²) in [7, 11) is 0. The molecule has 1 spiro atoms. The van der Waals surface area contributed by atoms with Gasteiger partial charge in [0.1, 0.15) is 0 Å². The Labute approximate surface area is 185 Å². The first-order valence-corrected chi connectivity index (χ1v) is 11.4. The molecule has 2 heterocycles. The molecule has 166 valence electrons. The molecule has 2 aliphatic heterocycles. The van der Waals surface area contributed by atoms with Crippen LogP contribution in [0, 0.1) is 0 Å². The number of morpholine rings is 1. The molecule has 5 nitrogen and oxygen atoms in total. The van der Waals surface area contributed by atoms with Crippen LogP contribution in [-0.2, 0) is 10.3 Å². The quantitative estimate of drug-likeness (QED) is 0.810. The van der Waals surface area contributed by atoms with Crippen LogP contribution in [0.15, 0.2) is 54.6 Å². The Bertz CT molecular complexity index is 881. The summed E-state index contributed by atoms with van der Waals surface area (Å²) in [4.78, 5) is 17.5. The molecule has 4 rings (SSSR count).